The number of hydrogen-bond donors (Lipinski definition) is 0. The van der Waals surface area contributed by atoms with Gasteiger partial charge in [0.2, 0.25) is 10.8 Å². The third-order valence-corrected chi connectivity index (χ3v) is 5.49. The SMILES string of the molecule is [C-]#[N+]c1sc2nc(-c3cc(OC)c(OC)c(OC)c3)nc(-n3cncn3)c2c1C. The normalized spacial score (nSPS) is 10.7. The molecule has 0 amide bonds. The summed E-state index contributed by atoms with van der Waals surface area (Å²) in [4.78, 5) is 17.8. The van der Waals surface area contributed by atoms with E-state index < -0.39 is 0 Å². The molecule has 146 valence electrons. The average Bonchev–Trinajstić information content (AvgIpc) is 3.40. The second-order valence-electron chi connectivity index (χ2n) is 5.95. The maximum Gasteiger partial charge on any atom is 0.246 e. The highest BCUT2D eigenvalue weighted by Crippen LogP contribution is 2.43. The summed E-state index contributed by atoms with van der Waals surface area (Å²) >= 11 is 1.32. The fourth-order valence-electron chi connectivity index (χ4n) is 3.04. The summed E-state index contributed by atoms with van der Waals surface area (Å²) in [5.74, 6) is 2.48. The van der Waals surface area contributed by atoms with E-state index in [0.29, 0.717) is 44.3 Å². The summed E-state index contributed by atoms with van der Waals surface area (Å²) in [5.41, 5.74) is 1.50. The molecule has 0 aliphatic heterocycles. The highest BCUT2D eigenvalue weighted by atomic mass is 32.1. The van der Waals surface area contributed by atoms with E-state index in [1.165, 1.54) is 17.7 Å². The Kier molecular flexibility index (Phi) is 4.74. The molecule has 10 heteroatoms. The standard InChI is InChI=1S/C19H16N6O3S/c1-10-14-17(25-9-21-8-22-25)23-16(24-19(14)29-18(10)20-2)11-6-12(26-3)15(28-5)13(7-11)27-4/h6-9H,1,3-5H3. The van der Waals surface area contributed by atoms with Crippen LogP contribution in [0.15, 0.2) is 24.8 Å². The van der Waals surface area contributed by atoms with E-state index in [-0.39, 0.29) is 0 Å². The van der Waals surface area contributed by atoms with Crippen LogP contribution in [0.2, 0.25) is 0 Å². The molecule has 0 bridgehead atoms. The Hall–Kier alpha value is -3.71. The predicted octanol–water partition coefficient (Wildman–Crippen LogP) is 3.82. The van der Waals surface area contributed by atoms with Crippen LogP contribution in [0.25, 0.3) is 32.3 Å². The molecule has 0 unspecified atom stereocenters. The molecule has 9 nitrogen and oxygen atoms in total. The van der Waals surface area contributed by atoms with Crippen LogP contribution in [0, 0.1) is 13.5 Å². The first-order valence-electron chi connectivity index (χ1n) is 8.45. The Labute approximate surface area is 170 Å². The molecule has 3 aromatic heterocycles. The van der Waals surface area contributed by atoms with Crippen LogP contribution in [-0.2, 0) is 0 Å². The van der Waals surface area contributed by atoms with Gasteiger partial charge in [0.15, 0.2) is 23.1 Å². The topological polar surface area (TPSA) is 88.5 Å². The first-order valence-corrected chi connectivity index (χ1v) is 9.26. The molecule has 1 aromatic carbocycles. The molecule has 4 aromatic rings. The number of rotatable bonds is 5. The fourth-order valence-corrected chi connectivity index (χ4v) is 4.00. The van der Waals surface area contributed by atoms with Gasteiger partial charge >= 0.3 is 0 Å². The van der Waals surface area contributed by atoms with Crippen LogP contribution in [0.4, 0.5) is 5.00 Å². The van der Waals surface area contributed by atoms with Crippen LogP contribution < -0.4 is 14.2 Å². The first kappa shape index (κ1) is 18.6. The van der Waals surface area contributed by atoms with E-state index in [0.717, 1.165) is 10.9 Å². The molecule has 0 saturated carbocycles. The van der Waals surface area contributed by atoms with E-state index >= 15 is 0 Å². The molecule has 0 atom stereocenters. The molecule has 0 N–H and O–H groups in total. The van der Waals surface area contributed by atoms with E-state index in [1.54, 1.807) is 44.5 Å². The number of benzene rings is 1. The average molecular weight is 408 g/mol. The molecular formula is C19H16N6O3S. The number of ether oxygens (including phenoxy) is 3. The lowest BCUT2D eigenvalue weighted by Gasteiger charge is -2.14. The van der Waals surface area contributed by atoms with Crippen molar-refractivity contribution in [2.24, 2.45) is 0 Å². The van der Waals surface area contributed by atoms with Crippen LogP contribution in [0.1, 0.15) is 5.56 Å². The second-order valence-corrected chi connectivity index (χ2v) is 6.93. The maximum atomic E-state index is 7.44. The van der Waals surface area contributed by atoms with Crippen molar-refractivity contribution in [1.82, 2.24) is 24.7 Å². The molecule has 0 spiro atoms. The highest BCUT2D eigenvalue weighted by Gasteiger charge is 2.21. The van der Waals surface area contributed by atoms with Crippen LogP contribution >= 0.6 is 11.3 Å². The van der Waals surface area contributed by atoms with Gasteiger partial charge in [0.25, 0.3) is 0 Å². The van der Waals surface area contributed by atoms with Crippen molar-refractivity contribution in [3.05, 3.63) is 41.8 Å². The minimum Gasteiger partial charge on any atom is -0.493 e. The molecule has 29 heavy (non-hydrogen) atoms. The minimum absolute atomic E-state index is 0.444. The van der Waals surface area contributed by atoms with Gasteiger partial charge in [-0.15, -0.1) is 11.3 Å². The fraction of sp³-hybridized carbons (Fsp3) is 0.211. The van der Waals surface area contributed by atoms with Crippen molar-refractivity contribution < 1.29 is 14.2 Å². The van der Waals surface area contributed by atoms with Crippen molar-refractivity contribution in [1.29, 1.82) is 0 Å². The molecule has 0 aliphatic carbocycles. The quantitative estimate of drug-likeness (QED) is 0.464. The van der Waals surface area contributed by atoms with E-state index in [9.17, 15) is 0 Å². The van der Waals surface area contributed by atoms with Gasteiger partial charge in [-0.3, -0.25) is 0 Å². The lowest BCUT2D eigenvalue weighted by Crippen LogP contribution is -2.03. The predicted molar refractivity (Wildman–Crippen MR) is 108 cm³/mol. The Morgan fingerprint density at radius 2 is 1.79 bits per heavy atom. The zero-order valence-corrected chi connectivity index (χ0v) is 16.9. The monoisotopic (exact) mass is 408 g/mol. The van der Waals surface area contributed by atoms with E-state index in [2.05, 4.69) is 14.9 Å². The van der Waals surface area contributed by atoms with Gasteiger partial charge in [-0.1, -0.05) is 0 Å². The van der Waals surface area contributed by atoms with Crippen molar-refractivity contribution in [3.8, 4) is 34.5 Å². The van der Waals surface area contributed by atoms with Gasteiger partial charge < -0.3 is 14.2 Å². The molecule has 0 saturated heterocycles. The molecule has 0 aliphatic rings. The van der Waals surface area contributed by atoms with Crippen molar-refractivity contribution >= 4 is 26.6 Å². The lowest BCUT2D eigenvalue weighted by molar-refractivity contribution is 0.324. The zero-order chi connectivity index (χ0) is 20.5. The summed E-state index contributed by atoms with van der Waals surface area (Å²) in [6.07, 6.45) is 3.00. The highest BCUT2D eigenvalue weighted by molar-refractivity contribution is 7.22. The number of methoxy groups -OCH3 is 3. The van der Waals surface area contributed by atoms with Gasteiger partial charge in [0.05, 0.1) is 27.9 Å². The van der Waals surface area contributed by atoms with E-state index in [4.69, 9.17) is 30.8 Å². The Bertz CT molecular complexity index is 1220. The van der Waals surface area contributed by atoms with E-state index in [1.807, 2.05) is 6.92 Å². The summed E-state index contributed by atoms with van der Waals surface area (Å²) < 4.78 is 17.9. The van der Waals surface area contributed by atoms with Crippen LogP contribution in [0.5, 0.6) is 17.2 Å². The van der Waals surface area contributed by atoms with Crippen LogP contribution in [-0.4, -0.2) is 46.1 Å². The Morgan fingerprint density at radius 1 is 1.07 bits per heavy atom. The van der Waals surface area contributed by atoms with Crippen molar-refractivity contribution in [2.75, 3.05) is 21.3 Å². The number of fused-ring (bicyclic) bond motifs is 1. The maximum absolute atomic E-state index is 7.44. The smallest absolute Gasteiger partial charge is 0.246 e. The van der Waals surface area contributed by atoms with Gasteiger partial charge in [0.1, 0.15) is 17.5 Å². The lowest BCUT2D eigenvalue weighted by atomic mass is 10.1. The summed E-state index contributed by atoms with van der Waals surface area (Å²) in [5, 5.41) is 5.56. The third-order valence-electron chi connectivity index (χ3n) is 4.41. The number of nitrogens with zero attached hydrogens (tertiary/aromatic N) is 6. The van der Waals surface area contributed by atoms with Crippen molar-refractivity contribution in [3.63, 3.8) is 0 Å². The largest absolute Gasteiger partial charge is 0.493 e. The van der Waals surface area contributed by atoms with Gasteiger partial charge in [0, 0.05) is 10.9 Å². The van der Waals surface area contributed by atoms with Crippen LogP contribution in [0.3, 0.4) is 0 Å². The molecule has 0 fully saturated rings. The molecule has 0 radical (unpaired) electrons. The van der Waals surface area contributed by atoms with Gasteiger partial charge in [-0.05, 0) is 24.6 Å². The number of aryl methyl sites for hydroxylation is 1. The zero-order valence-electron chi connectivity index (χ0n) is 16.1. The Morgan fingerprint density at radius 3 is 2.34 bits per heavy atom. The second kappa shape index (κ2) is 7.37. The van der Waals surface area contributed by atoms with Gasteiger partial charge in [-0.2, -0.15) is 5.10 Å². The third kappa shape index (κ3) is 3.01. The minimum atomic E-state index is 0.444. The van der Waals surface area contributed by atoms with Gasteiger partial charge in [-0.25, -0.2) is 24.5 Å². The number of hydrogen-bond acceptors (Lipinski definition) is 8. The van der Waals surface area contributed by atoms with Crippen molar-refractivity contribution in [2.45, 2.75) is 6.92 Å². The number of aromatic nitrogens is 5. The Balaban J connectivity index is 2.02. The molecule has 3 heterocycles. The summed E-state index contributed by atoms with van der Waals surface area (Å²) in [6, 6.07) is 3.56. The number of thiophene rings is 1. The summed E-state index contributed by atoms with van der Waals surface area (Å²) in [7, 11) is 4.65. The first-order chi connectivity index (χ1) is 14.1. The summed E-state index contributed by atoms with van der Waals surface area (Å²) in [6.45, 7) is 9.32. The molecular weight excluding hydrogens is 392 g/mol. The molecule has 4 rings (SSSR count).